The third-order valence-corrected chi connectivity index (χ3v) is 3.29. The summed E-state index contributed by atoms with van der Waals surface area (Å²) in [7, 11) is 0. The number of nitrogens with zero attached hydrogens (tertiary/aromatic N) is 2. The SMILES string of the molecule is CCC1CCCCN1c1cc(C)ccn1. The Morgan fingerprint density at radius 2 is 2.33 bits per heavy atom. The standard InChI is InChI=1S/C13H20N2/c1-3-12-6-4-5-9-15(12)13-10-11(2)7-8-14-13/h7-8,10,12H,3-6,9H2,1-2H3. The van der Waals surface area contributed by atoms with E-state index in [0.29, 0.717) is 6.04 Å². The average molecular weight is 204 g/mol. The number of rotatable bonds is 2. The fourth-order valence-electron chi connectivity index (χ4n) is 2.40. The molecule has 1 saturated heterocycles. The highest BCUT2D eigenvalue weighted by molar-refractivity contribution is 5.42. The molecular weight excluding hydrogens is 184 g/mol. The van der Waals surface area contributed by atoms with E-state index >= 15 is 0 Å². The lowest BCUT2D eigenvalue weighted by Gasteiger charge is -2.36. The molecule has 15 heavy (non-hydrogen) atoms. The maximum absolute atomic E-state index is 4.49. The molecule has 1 aliphatic heterocycles. The maximum atomic E-state index is 4.49. The lowest BCUT2D eigenvalue weighted by molar-refractivity contribution is 0.447. The van der Waals surface area contributed by atoms with Gasteiger partial charge >= 0.3 is 0 Å². The van der Waals surface area contributed by atoms with E-state index in [-0.39, 0.29) is 0 Å². The van der Waals surface area contributed by atoms with Gasteiger partial charge in [0.1, 0.15) is 5.82 Å². The molecule has 2 heteroatoms. The maximum Gasteiger partial charge on any atom is 0.128 e. The van der Waals surface area contributed by atoms with Crippen LogP contribution in [0.4, 0.5) is 5.82 Å². The van der Waals surface area contributed by atoms with Crippen molar-refractivity contribution in [3.63, 3.8) is 0 Å². The normalized spacial score (nSPS) is 21.7. The second-order valence-electron chi connectivity index (χ2n) is 4.44. The molecule has 0 aromatic carbocycles. The first-order valence-electron chi connectivity index (χ1n) is 6.00. The molecule has 2 heterocycles. The van der Waals surface area contributed by atoms with Crippen LogP contribution in [0.1, 0.15) is 38.2 Å². The molecule has 0 N–H and O–H groups in total. The lowest BCUT2D eigenvalue weighted by Crippen LogP contribution is -2.39. The summed E-state index contributed by atoms with van der Waals surface area (Å²) in [6.45, 7) is 5.59. The van der Waals surface area contributed by atoms with Crippen LogP contribution in [0, 0.1) is 6.92 Å². The topological polar surface area (TPSA) is 16.1 Å². The Hall–Kier alpha value is -1.05. The van der Waals surface area contributed by atoms with Crippen molar-refractivity contribution < 1.29 is 0 Å². The molecule has 82 valence electrons. The Morgan fingerprint density at radius 3 is 3.07 bits per heavy atom. The van der Waals surface area contributed by atoms with Crippen LogP contribution in [0.3, 0.4) is 0 Å². The Kier molecular flexibility index (Phi) is 3.24. The highest BCUT2D eigenvalue weighted by Gasteiger charge is 2.21. The highest BCUT2D eigenvalue weighted by atomic mass is 15.2. The number of aromatic nitrogens is 1. The molecule has 0 bridgehead atoms. The molecular formula is C13H20N2. The molecule has 0 saturated carbocycles. The van der Waals surface area contributed by atoms with Crippen molar-refractivity contribution in [1.29, 1.82) is 0 Å². The predicted octanol–water partition coefficient (Wildman–Crippen LogP) is 3.16. The van der Waals surface area contributed by atoms with Gasteiger partial charge in [0.15, 0.2) is 0 Å². The van der Waals surface area contributed by atoms with E-state index in [1.807, 2.05) is 6.20 Å². The minimum absolute atomic E-state index is 0.702. The average Bonchev–Trinajstić information content (AvgIpc) is 2.29. The summed E-state index contributed by atoms with van der Waals surface area (Å²) in [4.78, 5) is 6.97. The van der Waals surface area contributed by atoms with Gasteiger partial charge in [0, 0.05) is 18.8 Å². The monoisotopic (exact) mass is 204 g/mol. The van der Waals surface area contributed by atoms with Crippen molar-refractivity contribution in [1.82, 2.24) is 4.98 Å². The van der Waals surface area contributed by atoms with Gasteiger partial charge in [0.2, 0.25) is 0 Å². The number of pyridine rings is 1. The lowest BCUT2D eigenvalue weighted by atomic mass is 10.00. The molecule has 1 atom stereocenters. The van der Waals surface area contributed by atoms with Crippen LogP contribution in [-0.2, 0) is 0 Å². The number of hydrogen-bond donors (Lipinski definition) is 0. The van der Waals surface area contributed by atoms with Gasteiger partial charge in [-0.15, -0.1) is 0 Å². The predicted molar refractivity (Wildman–Crippen MR) is 64.3 cm³/mol. The van der Waals surface area contributed by atoms with Crippen molar-refractivity contribution in [3.05, 3.63) is 23.9 Å². The molecule has 1 fully saturated rings. The first-order valence-corrected chi connectivity index (χ1v) is 6.00. The summed E-state index contributed by atoms with van der Waals surface area (Å²) < 4.78 is 0. The van der Waals surface area contributed by atoms with Gasteiger partial charge in [-0.25, -0.2) is 4.98 Å². The van der Waals surface area contributed by atoms with Crippen LogP contribution >= 0.6 is 0 Å². The van der Waals surface area contributed by atoms with Gasteiger partial charge in [-0.05, 0) is 50.3 Å². The van der Waals surface area contributed by atoms with Crippen LogP contribution in [0.15, 0.2) is 18.3 Å². The minimum Gasteiger partial charge on any atom is -0.354 e. The Balaban J connectivity index is 2.20. The van der Waals surface area contributed by atoms with Gasteiger partial charge < -0.3 is 4.90 Å². The molecule has 2 rings (SSSR count). The van der Waals surface area contributed by atoms with E-state index < -0.39 is 0 Å². The van der Waals surface area contributed by atoms with Crippen LogP contribution in [-0.4, -0.2) is 17.6 Å². The highest BCUT2D eigenvalue weighted by Crippen LogP contribution is 2.25. The molecule has 2 nitrogen and oxygen atoms in total. The second kappa shape index (κ2) is 4.65. The number of hydrogen-bond acceptors (Lipinski definition) is 2. The van der Waals surface area contributed by atoms with E-state index in [1.165, 1.54) is 43.6 Å². The minimum atomic E-state index is 0.702. The Labute approximate surface area is 92.3 Å². The quantitative estimate of drug-likeness (QED) is 0.735. The van der Waals surface area contributed by atoms with Crippen molar-refractivity contribution in [2.24, 2.45) is 0 Å². The Morgan fingerprint density at radius 1 is 1.47 bits per heavy atom. The van der Waals surface area contributed by atoms with Crippen molar-refractivity contribution in [2.45, 2.75) is 45.6 Å². The molecule has 0 radical (unpaired) electrons. The fourth-order valence-corrected chi connectivity index (χ4v) is 2.40. The molecule has 0 aliphatic carbocycles. The van der Waals surface area contributed by atoms with Crippen LogP contribution in [0.5, 0.6) is 0 Å². The summed E-state index contributed by atoms with van der Waals surface area (Å²) in [5.74, 6) is 1.17. The smallest absolute Gasteiger partial charge is 0.128 e. The summed E-state index contributed by atoms with van der Waals surface area (Å²) in [6.07, 6.45) is 7.17. The summed E-state index contributed by atoms with van der Waals surface area (Å²) in [6, 6.07) is 4.97. The van der Waals surface area contributed by atoms with E-state index in [0.717, 1.165) is 0 Å². The number of aryl methyl sites for hydroxylation is 1. The van der Waals surface area contributed by atoms with Crippen LogP contribution in [0.25, 0.3) is 0 Å². The molecule has 1 aromatic rings. The van der Waals surface area contributed by atoms with E-state index in [1.54, 1.807) is 0 Å². The Bertz CT molecular complexity index is 322. The zero-order valence-corrected chi connectivity index (χ0v) is 9.74. The zero-order valence-electron chi connectivity index (χ0n) is 9.74. The van der Waals surface area contributed by atoms with E-state index in [2.05, 4.69) is 35.9 Å². The largest absolute Gasteiger partial charge is 0.354 e. The summed E-state index contributed by atoms with van der Waals surface area (Å²) >= 11 is 0. The van der Waals surface area contributed by atoms with Crippen LogP contribution in [0.2, 0.25) is 0 Å². The fraction of sp³-hybridized carbons (Fsp3) is 0.615. The van der Waals surface area contributed by atoms with Crippen molar-refractivity contribution in [3.8, 4) is 0 Å². The molecule has 1 unspecified atom stereocenters. The molecule has 0 amide bonds. The third kappa shape index (κ3) is 2.31. The zero-order chi connectivity index (χ0) is 10.7. The van der Waals surface area contributed by atoms with Crippen molar-refractivity contribution in [2.75, 3.05) is 11.4 Å². The van der Waals surface area contributed by atoms with E-state index in [4.69, 9.17) is 0 Å². The van der Waals surface area contributed by atoms with E-state index in [9.17, 15) is 0 Å². The first-order chi connectivity index (χ1) is 7.31. The second-order valence-corrected chi connectivity index (χ2v) is 4.44. The number of anilines is 1. The van der Waals surface area contributed by atoms with Gasteiger partial charge in [0.25, 0.3) is 0 Å². The van der Waals surface area contributed by atoms with Gasteiger partial charge in [-0.1, -0.05) is 6.92 Å². The molecule has 1 aliphatic rings. The molecule has 0 spiro atoms. The van der Waals surface area contributed by atoms with Gasteiger partial charge in [-0.3, -0.25) is 0 Å². The third-order valence-electron chi connectivity index (χ3n) is 3.29. The van der Waals surface area contributed by atoms with Gasteiger partial charge in [0.05, 0.1) is 0 Å². The van der Waals surface area contributed by atoms with Gasteiger partial charge in [-0.2, -0.15) is 0 Å². The molecule has 1 aromatic heterocycles. The summed E-state index contributed by atoms with van der Waals surface area (Å²) in [5.41, 5.74) is 1.31. The van der Waals surface area contributed by atoms with Crippen molar-refractivity contribution >= 4 is 5.82 Å². The first kappa shape index (κ1) is 10.5. The summed E-state index contributed by atoms with van der Waals surface area (Å²) in [5, 5.41) is 0. The van der Waals surface area contributed by atoms with Crippen LogP contribution < -0.4 is 4.90 Å². The number of piperidine rings is 1.